The molecular weight excluding hydrogens is 276 g/mol. The van der Waals surface area contributed by atoms with E-state index in [1.807, 2.05) is 34.2 Å². The van der Waals surface area contributed by atoms with Gasteiger partial charge in [-0.2, -0.15) is 0 Å². The van der Waals surface area contributed by atoms with Crippen LogP contribution in [0.3, 0.4) is 0 Å². The summed E-state index contributed by atoms with van der Waals surface area (Å²) in [5, 5.41) is 10.6. The first-order chi connectivity index (χ1) is 10.3. The molecule has 0 saturated carbocycles. The molecule has 4 nitrogen and oxygen atoms in total. The largest absolute Gasteiger partial charge is 0.390 e. The van der Waals surface area contributed by atoms with Crippen molar-refractivity contribution >= 4 is 11.9 Å². The normalized spacial score (nSPS) is 24.6. The minimum atomic E-state index is -0.645. The highest BCUT2D eigenvalue weighted by atomic mass is 16.5. The number of anilines is 1. The molecule has 1 N–H and O–H groups in total. The van der Waals surface area contributed by atoms with Crippen LogP contribution in [0, 0.1) is 0 Å². The van der Waals surface area contributed by atoms with E-state index in [-0.39, 0.29) is 5.60 Å². The Morgan fingerprint density at radius 3 is 2.55 bits per heavy atom. The lowest BCUT2D eigenvalue weighted by atomic mass is 9.82. The zero-order valence-electron chi connectivity index (χ0n) is 14.2. The molecule has 0 radical (unpaired) electrons. The maximum atomic E-state index is 10.6. The van der Waals surface area contributed by atoms with Crippen LogP contribution in [0.15, 0.2) is 29.3 Å². The Hall–Kier alpha value is -1.39. The fourth-order valence-corrected chi connectivity index (χ4v) is 2.96. The molecule has 0 spiro atoms. The molecule has 1 aromatic carbocycles. The minimum absolute atomic E-state index is 0.237. The molecule has 0 aliphatic carbocycles. The number of aliphatic imine (C=N–C) groups is 1. The zero-order chi connectivity index (χ0) is 16.2. The maximum Gasteiger partial charge on any atom is 0.0714 e. The first-order valence-electron chi connectivity index (χ1n) is 7.93. The third-order valence-corrected chi connectivity index (χ3v) is 4.17. The van der Waals surface area contributed by atoms with Crippen molar-refractivity contribution in [1.29, 1.82) is 0 Å². The van der Waals surface area contributed by atoms with Gasteiger partial charge in [-0.15, -0.1) is 0 Å². The zero-order valence-corrected chi connectivity index (χ0v) is 14.2. The average molecular weight is 304 g/mol. The molecule has 2 rings (SSSR count). The second kappa shape index (κ2) is 6.80. The molecule has 1 atom stereocenters. The lowest BCUT2D eigenvalue weighted by Gasteiger charge is -2.41. The number of nitrogens with zero attached hydrogens (tertiary/aromatic N) is 2. The first kappa shape index (κ1) is 17.0. The van der Waals surface area contributed by atoms with Crippen molar-refractivity contribution in [3.8, 4) is 0 Å². The highest BCUT2D eigenvalue weighted by Gasteiger charge is 2.38. The van der Waals surface area contributed by atoms with Crippen LogP contribution in [-0.2, 0) is 4.74 Å². The van der Waals surface area contributed by atoms with Gasteiger partial charge in [0.25, 0.3) is 0 Å². The maximum absolute atomic E-state index is 10.6. The molecule has 1 aliphatic heterocycles. The Kier molecular flexibility index (Phi) is 5.24. The Morgan fingerprint density at radius 1 is 1.27 bits per heavy atom. The summed E-state index contributed by atoms with van der Waals surface area (Å²) in [4.78, 5) is 6.54. The minimum Gasteiger partial charge on any atom is -0.390 e. The van der Waals surface area contributed by atoms with Gasteiger partial charge in [0.1, 0.15) is 0 Å². The van der Waals surface area contributed by atoms with Gasteiger partial charge in [0.15, 0.2) is 0 Å². The van der Waals surface area contributed by atoms with Crippen molar-refractivity contribution in [3.63, 3.8) is 0 Å². The van der Waals surface area contributed by atoms with E-state index < -0.39 is 5.60 Å². The Morgan fingerprint density at radius 2 is 1.95 bits per heavy atom. The van der Waals surface area contributed by atoms with Crippen LogP contribution in [-0.4, -0.2) is 49.8 Å². The monoisotopic (exact) mass is 304 g/mol. The molecule has 1 aromatic rings. The quantitative estimate of drug-likeness (QED) is 0.851. The summed E-state index contributed by atoms with van der Waals surface area (Å²) in [5.74, 6) is 0. The Balaban J connectivity index is 1.85. The average Bonchev–Trinajstić information content (AvgIpc) is 2.43. The number of ether oxygens (including phenoxy) is 1. The number of aliphatic hydroxyl groups is 1. The van der Waals surface area contributed by atoms with Crippen LogP contribution in [0.2, 0.25) is 0 Å². The third-order valence-electron chi connectivity index (χ3n) is 4.17. The van der Waals surface area contributed by atoms with Crippen LogP contribution in [0.5, 0.6) is 0 Å². The molecule has 0 bridgehead atoms. The first-order valence-corrected chi connectivity index (χ1v) is 7.93. The Bertz CT molecular complexity index is 508. The highest BCUT2D eigenvalue weighted by Crippen LogP contribution is 2.34. The van der Waals surface area contributed by atoms with Crippen molar-refractivity contribution < 1.29 is 9.84 Å². The number of hydrogen-bond donors (Lipinski definition) is 1. The summed E-state index contributed by atoms with van der Waals surface area (Å²) in [5.41, 5.74) is 1.38. The van der Waals surface area contributed by atoms with Gasteiger partial charge in [0, 0.05) is 39.0 Å². The standard InChI is InChI=1S/C18H28N2O2/c1-17(2)14-18(21,10-12-22-17)9-11-19-13-15-5-7-16(8-6-15)20(3)4/h5-8,13,21H,9-12,14H2,1-4H3/t18-/m0/s1. The molecule has 1 fully saturated rings. The molecule has 0 unspecified atom stereocenters. The van der Waals surface area contributed by atoms with Crippen molar-refractivity contribution in [2.75, 3.05) is 32.1 Å². The van der Waals surface area contributed by atoms with Gasteiger partial charge in [-0.3, -0.25) is 4.99 Å². The number of hydrogen-bond acceptors (Lipinski definition) is 4. The van der Waals surface area contributed by atoms with Gasteiger partial charge < -0.3 is 14.7 Å². The molecule has 0 aromatic heterocycles. The van der Waals surface area contributed by atoms with Gasteiger partial charge in [-0.1, -0.05) is 12.1 Å². The summed E-state index contributed by atoms with van der Waals surface area (Å²) in [7, 11) is 4.05. The topological polar surface area (TPSA) is 45.1 Å². The summed E-state index contributed by atoms with van der Waals surface area (Å²) in [6, 6.07) is 8.28. The number of rotatable bonds is 5. The van der Waals surface area contributed by atoms with Crippen LogP contribution in [0.4, 0.5) is 5.69 Å². The second-order valence-electron chi connectivity index (χ2n) is 7.03. The lowest BCUT2D eigenvalue weighted by Crippen LogP contribution is -2.46. The van der Waals surface area contributed by atoms with E-state index in [4.69, 9.17) is 4.74 Å². The SMILES string of the molecule is CN(C)c1ccc(C=NCC[C@]2(O)CCOC(C)(C)C2)cc1. The van der Waals surface area contributed by atoms with Crippen LogP contribution >= 0.6 is 0 Å². The van der Waals surface area contributed by atoms with Crippen LogP contribution < -0.4 is 4.90 Å². The molecule has 1 aliphatic rings. The van der Waals surface area contributed by atoms with Gasteiger partial charge in [-0.25, -0.2) is 0 Å². The molecule has 1 saturated heterocycles. The van der Waals surface area contributed by atoms with E-state index in [0.29, 0.717) is 32.4 Å². The summed E-state index contributed by atoms with van der Waals surface area (Å²) in [6.07, 6.45) is 3.94. The summed E-state index contributed by atoms with van der Waals surface area (Å²) in [6.45, 7) is 5.33. The molecule has 4 heteroatoms. The van der Waals surface area contributed by atoms with Crippen molar-refractivity contribution in [2.45, 2.75) is 44.3 Å². The van der Waals surface area contributed by atoms with E-state index >= 15 is 0 Å². The molecule has 1 heterocycles. The summed E-state index contributed by atoms with van der Waals surface area (Å²) >= 11 is 0. The van der Waals surface area contributed by atoms with Gasteiger partial charge in [-0.05, 0) is 44.4 Å². The predicted molar refractivity (Wildman–Crippen MR) is 92.1 cm³/mol. The summed E-state index contributed by atoms with van der Waals surface area (Å²) < 4.78 is 5.66. The van der Waals surface area contributed by atoms with E-state index in [0.717, 1.165) is 5.56 Å². The van der Waals surface area contributed by atoms with E-state index in [2.05, 4.69) is 34.2 Å². The lowest BCUT2D eigenvalue weighted by molar-refractivity contribution is -0.145. The van der Waals surface area contributed by atoms with E-state index in [1.54, 1.807) is 0 Å². The van der Waals surface area contributed by atoms with E-state index in [9.17, 15) is 5.11 Å². The molecule has 122 valence electrons. The molecule has 22 heavy (non-hydrogen) atoms. The number of benzene rings is 1. The fourth-order valence-electron chi connectivity index (χ4n) is 2.96. The van der Waals surface area contributed by atoms with Gasteiger partial charge in [0.2, 0.25) is 0 Å². The smallest absolute Gasteiger partial charge is 0.0714 e. The third kappa shape index (κ3) is 4.82. The van der Waals surface area contributed by atoms with Crippen molar-refractivity contribution in [1.82, 2.24) is 0 Å². The predicted octanol–water partition coefficient (Wildman–Crippen LogP) is 2.88. The fraction of sp³-hybridized carbons (Fsp3) is 0.611. The molecule has 0 amide bonds. The molecular formula is C18H28N2O2. The Labute approximate surface area is 133 Å². The second-order valence-corrected chi connectivity index (χ2v) is 7.03. The van der Waals surface area contributed by atoms with Crippen LogP contribution in [0.25, 0.3) is 0 Å². The van der Waals surface area contributed by atoms with Gasteiger partial charge in [0.05, 0.1) is 17.8 Å². The van der Waals surface area contributed by atoms with Gasteiger partial charge >= 0.3 is 0 Å². The van der Waals surface area contributed by atoms with Crippen molar-refractivity contribution in [2.24, 2.45) is 4.99 Å². The van der Waals surface area contributed by atoms with Crippen LogP contribution in [0.1, 0.15) is 38.7 Å². The van der Waals surface area contributed by atoms with E-state index in [1.165, 1.54) is 5.69 Å². The highest BCUT2D eigenvalue weighted by molar-refractivity contribution is 5.80. The van der Waals surface area contributed by atoms with Crippen molar-refractivity contribution in [3.05, 3.63) is 29.8 Å².